The quantitative estimate of drug-likeness (QED) is 0.763. The molecule has 0 aromatic heterocycles. The highest BCUT2D eigenvalue weighted by atomic mass is 16.4. The van der Waals surface area contributed by atoms with Gasteiger partial charge in [0.05, 0.1) is 11.8 Å². The molecule has 112 valence electrons. The molecule has 1 saturated carbocycles. The van der Waals surface area contributed by atoms with Crippen molar-refractivity contribution in [1.29, 1.82) is 0 Å². The molecular weight excluding hydrogens is 272 g/mol. The van der Waals surface area contributed by atoms with Gasteiger partial charge in [0.1, 0.15) is 0 Å². The van der Waals surface area contributed by atoms with E-state index in [9.17, 15) is 14.4 Å². The molecule has 0 radical (unpaired) electrons. The SMILES string of the molecule is CC(=O)NCc1ccc(NC(=O)C2CCC2C(=O)O)cc1. The Morgan fingerprint density at radius 2 is 1.76 bits per heavy atom. The lowest BCUT2D eigenvalue weighted by atomic mass is 9.73. The van der Waals surface area contributed by atoms with Crippen LogP contribution in [0.1, 0.15) is 25.3 Å². The standard InChI is InChI=1S/C15H18N2O4/c1-9(18)16-8-10-2-4-11(5-3-10)17-14(19)12-6-7-13(12)15(20)21/h2-5,12-13H,6-8H2,1H3,(H,16,18)(H,17,19)(H,20,21). The van der Waals surface area contributed by atoms with Gasteiger partial charge >= 0.3 is 5.97 Å². The highest BCUT2D eigenvalue weighted by Crippen LogP contribution is 2.35. The van der Waals surface area contributed by atoms with Crippen LogP contribution in [0.2, 0.25) is 0 Å². The van der Waals surface area contributed by atoms with Gasteiger partial charge in [-0.1, -0.05) is 12.1 Å². The number of anilines is 1. The lowest BCUT2D eigenvalue weighted by Crippen LogP contribution is -2.41. The third-order valence-corrected chi connectivity index (χ3v) is 3.69. The molecule has 1 aromatic rings. The van der Waals surface area contributed by atoms with E-state index < -0.39 is 17.8 Å². The molecule has 6 heteroatoms. The molecule has 0 saturated heterocycles. The second kappa shape index (κ2) is 6.39. The van der Waals surface area contributed by atoms with Crippen LogP contribution in [-0.4, -0.2) is 22.9 Å². The highest BCUT2D eigenvalue weighted by molar-refractivity contribution is 5.96. The highest BCUT2D eigenvalue weighted by Gasteiger charge is 2.41. The van der Waals surface area contributed by atoms with E-state index in [1.165, 1.54) is 6.92 Å². The number of nitrogens with one attached hydrogen (secondary N) is 2. The van der Waals surface area contributed by atoms with Crippen molar-refractivity contribution < 1.29 is 19.5 Å². The lowest BCUT2D eigenvalue weighted by Gasteiger charge is -2.31. The van der Waals surface area contributed by atoms with Crippen molar-refractivity contribution in [3.63, 3.8) is 0 Å². The fourth-order valence-corrected chi connectivity index (χ4v) is 2.28. The Morgan fingerprint density at radius 3 is 2.24 bits per heavy atom. The summed E-state index contributed by atoms with van der Waals surface area (Å²) in [7, 11) is 0. The summed E-state index contributed by atoms with van der Waals surface area (Å²) >= 11 is 0. The molecule has 1 fully saturated rings. The van der Waals surface area contributed by atoms with Gasteiger partial charge in [0.15, 0.2) is 0 Å². The first-order valence-electron chi connectivity index (χ1n) is 6.84. The summed E-state index contributed by atoms with van der Waals surface area (Å²) in [6.07, 6.45) is 1.17. The average Bonchev–Trinajstić information content (AvgIpc) is 2.35. The Balaban J connectivity index is 1.89. The maximum absolute atomic E-state index is 12.0. The number of benzene rings is 1. The summed E-state index contributed by atoms with van der Waals surface area (Å²) in [5.74, 6) is -2.27. The number of carboxylic acids is 1. The normalized spacial score (nSPS) is 20.2. The number of carbonyl (C=O) groups is 3. The maximum atomic E-state index is 12.0. The molecule has 0 aliphatic heterocycles. The number of hydrogen-bond donors (Lipinski definition) is 3. The van der Waals surface area contributed by atoms with Crippen molar-refractivity contribution in [2.45, 2.75) is 26.3 Å². The molecule has 0 spiro atoms. The Morgan fingerprint density at radius 1 is 1.14 bits per heavy atom. The number of rotatable bonds is 5. The third-order valence-electron chi connectivity index (χ3n) is 3.69. The van der Waals surface area contributed by atoms with Crippen LogP contribution in [0.15, 0.2) is 24.3 Å². The monoisotopic (exact) mass is 290 g/mol. The summed E-state index contributed by atoms with van der Waals surface area (Å²) in [5.41, 5.74) is 1.55. The molecule has 2 rings (SSSR count). The van der Waals surface area contributed by atoms with E-state index in [1.54, 1.807) is 24.3 Å². The minimum absolute atomic E-state index is 0.0999. The maximum Gasteiger partial charge on any atom is 0.307 e. The molecular formula is C15H18N2O4. The van der Waals surface area contributed by atoms with Gasteiger partial charge < -0.3 is 15.7 Å². The van der Waals surface area contributed by atoms with Crippen LogP contribution >= 0.6 is 0 Å². The Kier molecular flexibility index (Phi) is 4.57. The van der Waals surface area contributed by atoms with Gasteiger partial charge in [-0.15, -0.1) is 0 Å². The zero-order chi connectivity index (χ0) is 15.4. The van der Waals surface area contributed by atoms with Crippen LogP contribution in [0, 0.1) is 11.8 Å². The van der Waals surface area contributed by atoms with Crippen molar-refractivity contribution in [2.24, 2.45) is 11.8 Å². The minimum atomic E-state index is -0.910. The van der Waals surface area contributed by atoms with Gasteiger partial charge in [-0.2, -0.15) is 0 Å². The van der Waals surface area contributed by atoms with Crippen LogP contribution in [0.3, 0.4) is 0 Å². The first-order valence-corrected chi connectivity index (χ1v) is 6.84. The molecule has 21 heavy (non-hydrogen) atoms. The number of aliphatic carboxylic acids is 1. The van der Waals surface area contributed by atoms with Gasteiger partial charge in [-0.05, 0) is 30.5 Å². The van der Waals surface area contributed by atoms with Crippen molar-refractivity contribution in [1.82, 2.24) is 5.32 Å². The summed E-state index contributed by atoms with van der Waals surface area (Å²) in [6, 6.07) is 7.09. The first-order chi connectivity index (χ1) is 9.97. The van der Waals surface area contributed by atoms with Crippen LogP contribution < -0.4 is 10.6 Å². The van der Waals surface area contributed by atoms with Crippen molar-refractivity contribution >= 4 is 23.5 Å². The Hall–Kier alpha value is -2.37. The largest absolute Gasteiger partial charge is 0.481 e. The van der Waals surface area contributed by atoms with Crippen LogP contribution in [-0.2, 0) is 20.9 Å². The van der Waals surface area contributed by atoms with Gasteiger partial charge in [-0.3, -0.25) is 14.4 Å². The van der Waals surface area contributed by atoms with E-state index in [-0.39, 0.29) is 11.8 Å². The summed E-state index contributed by atoms with van der Waals surface area (Å²) in [5, 5.41) is 14.4. The van der Waals surface area contributed by atoms with E-state index in [1.807, 2.05) is 0 Å². The minimum Gasteiger partial charge on any atom is -0.481 e. The van der Waals surface area contributed by atoms with Crippen molar-refractivity contribution in [2.75, 3.05) is 5.32 Å². The van der Waals surface area contributed by atoms with Crippen LogP contribution in [0.4, 0.5) is 5.69 Å². The van der Waals surface area contributed by atoms with E-state index in [0.717, 1.165) is 5.56 Å². The third kappa shape index (κ3) is 3.81. The Labute approximate surface area is 122 Å². The first kappa shape index (κ1) is 15.0. The van der Waals surface area contributed by atoms with Crippen LogP contribution in [0.5, 0.6) is 0 Å². The number of carboxylic acid groups (broad SMARTS) is 1. The van der Waals surface area contributed by atoms with Crippen molar-refractivity contribution in [3.8, 4) is 0 Å². The molecule has 2 amide bonds. The summed E-state index contributed by atoms with van der Waals surface area (Å²) in [6.45, 7) is 1.89. The molecule has 2 atom stereocenters. The second-order valence-electron chi connectivity index (χ2n) is 5.22. The fourth-order valence-electron chi connectivity index (χ4n) is 2.28. The van der Waals surface area contributed by atoms with Gasteiger partial charge in [0, 0.05) is 19.2 Å². The van der Waals surface area contributed by atoms with Gasteiger partial charge in [0.25, 0.3) is 0 Å². The number of carbonyl (C=O) groups excluding carboxylic acids is 2. The lowest BCUT2D eigenvalue weighted by molar-refractivity contribution is -0.151. The van der Waals surface area contributed by atoms with E-state index in [4.69, 9.17) is 5.11 Å². The Bertz CT molecular complexity index is 553. The molecule has 1 aliphatic carbocycles. The summed E-state index contributed by atoms with van der Waals surface area (Å²) in [4.78, 5) is 33.7. The predicted octanol–water partition coefficient (Wildman–Crippen LogP) is 1.37. The molecule has 0 bridgehead atoms. The van der Waals surface area contributed by atoms with Crippen LogP contribution in [0.25, 0.3) is 0 Å². The predicted molar refractivity (Wildman–Crippen MR) is 76.4 cm³/mol. The zero-order valence-corrected chi connectivity index (χ0v) is 11.8. The van der Waals surface area contributed by atoms with Gasteiger partial charge in [-0.25, -0.2) is 0 Å². The number of hydrogen-bond acceptors (Lipinski definition) is 3. The zero-order valence-electron chi connectivity index (χ0n) is 11.8. The van der Waals surface area contributed by atoms with E-state index in [2.05, 4.69) is 10.6 Å². The van der Waals surface area contributed by atoms with Crippen molar-refractivity contribution in [3.05, 3.63) is 29.8 Å². The molecule has 3 N–H and O–H groups in total. The molecule has 0 heterocycles. The van der Waals surface area contributed by atoms with E-state index >= 15 is 0 Å². The smallest absolute Gasteiger partial charge is 0.307 e. The average molecular weight is 290 g/mol. The summed E-state index contributed by atoms with van der Waals surface area (Å²) < 4.78 is 0. The fraction of sp³-hybridized carbons (Fsp3) is 0.400. The molecule has 2 unspecified atom stereocenters. The molecule has 1 aromatic carbocycles. The van der Waals surface area contributed by atoms with E-state index in [0.29, 0.717) is 25.1 Å². The topological polar surface area (TPSA) is 95.5 Å². The molecule has 1 aliphatic rings. The van der Waals surface area contributed by atoms with Gasteiger partial charge in [0.2, 0.25) is 11.8 Å². The second-order valence-corrected chi connectivity index (χ2v) is 5.22. The molecule has 6 nitrogen and oxygen atoms in total. The number of amides is 2.